The van der Waals surface area contributed by atoms with Crippen LogP contribution in [0.25, 0.3) is 0 Å². The molecule has 1 aliphatic heterocycles. The molecule has 0 radical (unpaired) electrons. The summed E-state index contributed by atoms with van der Waals surface area (Å²) >= 11 is 0. The van der Waals surface area contributed by atoms with E-state index in [0.29, 0.717) is 19.3 Å². The number of aliphatic hydroxyl groups is 2. The molecule has 0 aromatic heterocycles. The van der Waals surface area contributed by atoms with Gasteiger partial charge in [0.15, 0.2) is 0 Å². The zero-order valence-corrected chi connectivity index (χ0v) is 15.5. The molecule has 3 heteroatoms. The van der Waals surface area contributed by atoms with Crippen molar-refractivity contribution < 1.29 is 10.2 Å². The minimum atomic E-state index is 0.341. The van der Waals surface area contributed by atoms with Crippen molar-refractivity contribution in [2.75, 3.05) is 19.8 Å². The number of rotatable bonds is 16. The van der Waals surface area contributed by atoms with Crippen LogP contribution >= 0.6 is 0 Å². The highest BCUT2D eigenvalue weighted by atomic mass is 16.3. The smallest absolute Gasteiger partial charge is 0.0470 e. The van der Waals surface area contributed by atoms with Gasteiger partial charge in [0.1, 0.15) is 0 Å². The minimum absolute atomic E-state index is 0.341. The Morgan fingerprint density at radius 2 is 1.17 bits per heavy atom. The van der Waals surface area contributed by atoms with E-state index in [-0.39, 0.29) is 0 Å². The maximum atomic E-state index is 8.78. The summed E-state index contributed by atoms with van der Waals surface area (Å²) in [5.41, 5.74) is 0. The zero-order chi connectivity index (χ0) is 17.3. The van der Waals surface area contributed by atoms with E-state index in [1.807, 2.05) is 0 Å². The van der Waals surface area contributed by atoms with E-state index in [1.165, 1.54) is 77.2 Å². The van der Waals surface area contributed by atoms with E-state index in [2.05, 4.69) is 29.3 Å². The summed E-state index contributed by atoms with van der Waals surface area (Å²) in [6.45, 7) is 1.85. The van der Waals surface area contributed by atoms with Crippen molar-refractivity contribution in [1.82, 2.24) is 4.90 Å². The van der Waals surface area contributed by atoms with Crippen molar-refractivity contribution in [1.29, 1.82) is 0 Å². The molecule has 0 bridgehead atoms. The van der Waals surface area contributed by atoms with Crippen LogP contribution in [0.5, 0.6) is 0 Å². The average molecular weight is 338 g/mol. The van der Waals surface area contributed by atoms with Crippen LogP contribution < -0.4 is 0 Å². The lowest BCUT2D eigenvalue weighted by Crippen LogP contribution is -2.31. The molecule has 1 rings (SSSR count). The first-order valence-electron chi connectivity index (χ1n) is 10.2. The van der Waals surface area contributed by atoms with E-state index in [9.17, 15) is 0 Å². The molecular weight excluding hydrogens is 298 g/mol. The number of allylic oxidation sites excluding steroid dienone is 2. The van der Waals surface area contributed by atoms with Crippen LogP contribution in [0.15, 0.2) is 24.4 Å². The van der Waals surface area contributed by atoms with Crippen LogP contribution in [0.2, 0.25) is 0 Å². The van der Waals surface area contributed by atoms with Crippen molar-refractivity contribution in [2.45, 2.75) is 89.5 Å². The van der Waals surface area contributed by atoms with Crippen molar-refractivity contribution >= 4 is 0 Å². The first kappa shape index (κ1) is 21.2. The van der Waals surface area contributed by atoms with Gasteiger partial charge in [0, 0.05) is 25.8 Å². The Morgan fingerprint density at radius 1 is 0.625 bits per heavy atom. The molecule has 0 fully saturated rings. The van der Waals surface area contributed by atoms with Gasteiger partial charge in [-0.15, -0.1) is 0 Å². The number of hydrogen-bond acceptors (Lipinski definition) is 3. The molecule has 0 spiro atoms. The highest BCUT2D eigenvalue weighted by molar-refractivity contribution is 5.13. The lowest BCUT2D eigenvalue weighted by Gasteiger charge is -2.30. The van der Waals surface area contributed by atoms with Gasteiger partial charge in [0.05, 0.1) is 0 Å². The summed E-state index contributed by atoms with van der Waals surface area (Å²) in [5, 5.41) is 17.6. The number of hydrogen-bond donors (Lipinski definition) is 2. The van der Waals surface area contributed by atoms with E-state index in [1.54, 1.807) is 0 Å². The normalized spacial score (nSPS) is 16.9. The van der Waals surface area contributed by atoms with Gasteiger partial charge in [0.25, 0.3) is 0 Å². The Balaban J connectivity index is 2.05. The van der Waals surface area contributed by atoms with E-state index < -0.39 is 0 Å². The molecule has 24 heavy (non-hydrogen) atoms. The fourth-order valence-electron chi connectivity index (χ4n) is 3.36. The lowest BCUT2D eigenvalue weighted by molar-refractivity contribution is 0.277. The molecule has 1 aliphatic rings. The zero-order valence-electron chi connectivity index (χ0n) is 15.5. The molecule has 0 aliphatic carbocycles. The molecule has 2 N–H and O–H groups in total. The molecule has 0 saturated carbocycles. The van der Waals surface area contributed by atoms with Gasteiger partial charge in [-0.1, -0.05) is 69.9 Å². The number of nitrogens with zero attached hydrogens (tertiary/aromatic N) is 1. The van der Waals surface area contributed by atoms with Crippen LogP contribution in [0, 0.1) is 0 Å². The summed E-state index contributed by atoms with van der Waals surface area (Å²) < 4.78 is 0. The largest absolute Gasteiger partial charge is 0.396 e. The van der Waals surface area contributed by atoms with Gasteiger partial charge in [-0.25, -0.2) is 0 Å². The maximum Gasteiger partial charge on any atom is 0.0470 e. The summed E-state index contributed by atoms with van der Waals surface area (Å²) in [6.07, 6.45) is 24.8. The number of aliphatic hydroxyl groups excluding tert-OH is 2. The van der Waals surface area contributed by atoms with E-state index in [4.69, 9.17) is 10.2 Å². The Morgan fingerprint density at radius 3 is 1.79 bits per heavy atom. The Bertz CT molecular complexity index is 296. The fraction of sp³-hybridized carbons (Fsp3) is 0.810. The first-order valence-corrected chi connectivity index (χ1v) is 10.2. The van der Waals surface area contributed by atoms with Crippen molar-refractivity contribution in [2.24, 2.45) is 0 Å². The average Bonchev–Trinajstić information content (AvgIpc) is 2.61. The molecule has 0 saturated heterocycles. The van der Waals surface area contributed by atoms with Crippen LogP contribution in [0.3, 0.4) is 0 Å². The molecule has 0 aromatic carbocycles. The van der Waals surface area contributed by atoms with Gasteiger partial charge < -0.3 is 15.1 Å². The van der Waals surface area contributed by atoms with Crippen LogP contribution in [0.4, 0.5) is 0 Å². The van der Waals surface area contributed by atoms with Gasteiger partial charge in [-0.3, -0.25) is 0 Å². The third-order valence-corrected chi connectivity index (χ3v) is 4.88. The van der Waals surface area contributed by atoms with Crippen molar-refractivity contribution in [3.05, 3.63) is 24.4 Å². The van der Waals surface area contributed by atoms with Crippen LogP contribution in [0.1, 0.15) is 83.5 Å². The SMILES string of the molecule is OCCCCCCCCC1C=CC=CN1CCCCCCCCO. The molecule has 1 unspecified atom stereocenters. The fourth-order valence-corrected chi connectivity index (χ4v) is 3.36. The molecule has 3 nitrogen and oxygen atoms in total. The predicted molar refractivity (Wildman–Crippen MR) is 103 cm³/mol. The second kappa shape index (κ2) is 15.7. The molecule has 140 valence electrons. The Labute approximate surface area is 149 Å². The Kier molecular flexibility index (Phi) is 13.9. The van der Waals surface area contributed by atoms with Crippen LogP contribution in [-0.2, 0) is 0 Å². The second-order valence-electron chi connectivity index (χ2n) is 7.01. The summed E-state index contributed by atoms with van der Waals surface area (Å²) in [6, 6.07) is 0.585. The van der Waals surface area contributed by atoms with Crippen molar-refractivity contribution in [3.63, 3.8) is 0 Å². The molecule has 1 heterocycles. The third-order valence-electron chi connectivity index (χ3n) is 4.88. The van der Waals surface area contributed by atoms with E-state index >= 15 is 0 Å². The topological polar surface area (TPSA) is 43.7 Å². The molecule has 0 amide bonds. The predicted octanol–water partition coefficient (Wildman–Crippen LogP) is 4.80. The van der Waals surface area contributed by atoms with Crippen LogP contribution in [-0.4, -0.2) is 40.9 Å². The monoisotopic (exact) mass is 337 g/mol. The summed E-state index contributed by atoms with van der Waals surface area (Å²) in [7, 11) is 0. The number of unbranched alkanes of at least 4 members (excludes halogenated alkanes) is 10. The summed E-state index contributed by atoms with van der Waals surface area (Å²) in [4.78, 5) is 2.51. The molecule has 1 atom stereocenters. The van der Waals surface area contributed by atoms with Crippen molar-refractivity contribution in [3.8, 4) is 0 Å². The first-order chi connectivity index (χ1) is 11.9. The molecule has 0 aromatic rings. The van der Waals surface area contributed by atoms with E-state index in [0.717, 1.165) is 12.8 Å². The van der Waals surface area contributed by atoms with Gasteiger partial charge in [-0.05, 0) is 38.0 Å². The summed E-state index contributed by atoms with van der Waals surface area (Å²) in [5.74, 6) is 0. The quantitative estimate of drug-likeness (QED) is 0.398. The highest BCUT2D eigenvalue weighted by Gasteiger charge is 2.13. The van der Waals surface area contributed by atoms with Gasteiger partial charge in [0.2, 0.25) is 0 Å². The maximum absolute atomic E-state index is 8.78. The standard InChI is InChI=1S/C21H39NO2/c23-19-13-7-3-1-5-9-15-21-16-10-12-18-22(21)17-11-6-2-4-8-14-20-24/h10,12,16,18,21,23-24H,1-9,11,13-15,17,19-20H2. The van der Waals surface area contributed by atoms with Gasteiger partial charge in [-0.2, -0.15) is 0 Å². The third kappa shape index (κ3) is 10.9. The highest BCUT2D eigenvalue weighted by Crippen LogP contribution is 2.18. The second-order valence-corrected chi connectivity index (χ2v) is 7.01. The lowest BCUT2D eigenvalue weighted by atomic mass is 10.0. The minimum Gasteiger partial charge on any atom is -0.396 e. The molecular formula is C21H39NO2. The Hall–Kier alpha value is -0.800. The van der Waals surface area contributed by atoms with Gasteiger partial charge >= 0.3 is 0 Å².